The Morgan fingerprint density at radius 2 is 2.10 bits per heavy atom. The van der Waals surface area contributed by atoms with Crippen molar-refractivity contribution in [3.05, 3.63) is 17.8 Å². The Hall–Kier alpha value is -1.69. The average molecular weight is 294 g/mol. The van der Waals surface area contributed by atoms with Gasteiger partial charge in [0.2, 0.25) is 0 Å². The number of aromatic nitrogens is 2. The van der Waals surface area contributed by atoms with Gasteiger partial charge in [-0.15, -0.1) is 10.2 Å². The molecule has 6 heteroatoms. The number of carbonyl (C=O) groups is 1. The highest BCUT2D eigenvalue weighted by molar-refractivity contribution is 5.92. The number of hydrogen-bond acceptors (Lipinski definition) is 5. The Kier molecular flexibility index (Phi) is 8.35. The number of amides is 1. The highest BCUT2D eigenvalue weighted by atomic mass is 16.5. The van der Waals surface area contributed by atoms with Crippen LogP contribution in [0.5, 0.6) is 0 Å². The van der Waals surface area contributed by atoms with E-state index in [0.29, 0.717) is 30.6 Å². The van der Waals surface area contributed by atoms with Crippen molar-refractivity contribution in [1.82, 2.24) is 15.5 Å². The SMILES string of the molecule is CCCNc1ccc(C(=O)NCCCOCC(C)C)nn1. The molecule has 0 bridgehead atoms. The van der Waals surface area contributed by atoms with Crippen LogP contribution >= 0.6 is 0 Å². The molecular formula is C15H26N4O2. The fraction of sp³-hybridized carbons (Fsp3) is 0.667. The Bertz CT molecular complexity index is 407. The number of ether oxygens (including phenoxy) is 1. The smallest absolute Gasteiger partial charge is 0.271 e. The third-order valence-electron chi connectivity index (χ3n) is 2.66. The Labute approximate surface area is 126 Å². The molecule has 0 saturated carbocycles. The molecule has 0 unspecified atom stereocenters. The molecule has 0 radical (unpaired) electrons. The second kappa shape index (κ2) is 10.1. The molecule has 0 aliphatic heterocycles. The van der Waals surface area contributed by atoms with Crippen molar-refractivity contribution in [2.75, 3.05) is 31.6 Å². The van der Waals surface area contributed by atoms with Gasteiger partial charge in [-0.2, -0.15) is 0 Å². The van der Waals surface area contributed by atoms with Crippen LogP contribution in [0.25, 0.3) is 0 Å². The van der Waals surface area contributed by atoms with E-state index in [2.05, 4.69) is 41.6 Å². The summed E-state index contributed by atoms with van der Waals surface area (Å²) in [6.45, 7) is 9.13. The van der Waals surface area contributed by atoms with E-state index in [1.807, 2.05) is 0 Å². The monoisotopic (exact) mass is 294 g/mol. The fourth-order valence-electron chi connectivity index (χ4n) is 1.59. The van der Waals surface area contributed by atoms with Crippen molar-refractivity contribution < 1.29 is 9.53 Å². The standard InChI is InChI=1S/C15H26N4O2/c1-4-8-16-14-7-6-13(18-19-14)15(20)17-9-5-10-21-11-12(2)3/h6-7,12H,4-5,8-11H2,1-3H3,(H,16,19)(H,17,20). The van der Waals surface area contributed by atoms with Crippen molar-refractivity contribution in [2.45, 2.75) is 33.6 Å². The highest BCUT2D eigenvalue weighted by Crippen LogP contribution is 2.02. The second-order valence-corrected chi connectivity index (χ2v) is 5.31. The van der Waals surface area contributed by atoms with Gasteiger partial charge in [0.15, 0.2) is 5.69 Å². The molecule has 0 aliphatic rings. The third-order valence-corrected chi connectivity index (χ3v) is 2.66. The van der Waals surface area contributed by atoms with Gasteiger partial charge in [-0.1, -0.05) is 20.8 Å². The lowest BCUT2D eigenvalue weighted by Crippen LogP contribution is -2.26. The summed E-state index contributed by atoms with van der Waals surface area (Å²) in [7, 11) is 0. The Morgan fingerprint density at radius 1 is 1.29 bits per heavy atom. The van der Waals surface area contributed by atoms with Crippen LogP contribution in [-0.4, -0.2) is 42.4 Å². The molecule has 1 rings (SSSR count). The predicted octanol–water partition coefficient (Wildman–Crippen LogP) is 2.09. The van der Waals surface area contributed by atoms with Crippen molar-refractivity contribution in [2.24, 2.45) is 5.92 Å². The normalized spacial score (nSPS) is 10.7. The molecular weight excluding hydrogens is 268 g/mol. The molecule has 0 aromatic carbocycles. The molecule has 0 aliphatic carbocycles. The van der Waals surface area contributed by atoms with Crippen LogP contribution in [0.1, 0.15) is 44.1 Å². The summed E-state index contributed by atoms with van der Waals surface area (Å²) in [6.07, 6.45) is 1.81. The molecule has 0 fully saturated rings. The average Bonchev–Trinajstić information content (AvgIpc) is 2.48. The van der Waals surface area contributed by atoms with Crippen LogP contribution in [0.4, 0.5) is 5.82 Å². The largest absolute Gasteiger partial charge is 0.381 e. The van der Waals surface area contributed by atoms with E-state index in [9.17, 15) is 4.79 Å². The van der Waals surface area contributed by atoms with Crippen molar-refractivity contribution >= 4 is 11.7 Å². The summed E-state index contributed by atoms with van der Waals surface area (Å²) in [5, 5.41) is 13.8. The number of nitrogens with zero attached hydrogens (tertiary/aromatic N) is 2. The summed E-state index contributed by atoms with van der Waals surface area (Å²) < 4.78 is 5.45. The second-order valence-electron chi connectivity index (χ2n) is 5.31. The molecule has 6 nitrogen and oxygen atoms in total. The van der Waals surface area contributed by atoms with Gasteiger partial charge in [-0.05, 0) is 30.9 Å². The van der Waals surface area contributed by atoms with Gasteiger partial charge in [0.05, 0.1) is 0 Å². The summed E-state index contributed by atoms with van der Waals surface area (Å²) in [5.41, 5.74) is 0.333. The number of nitrogens with one attached hydrogen (secondary N) is 2. The molecule has 118 valence electrons. The van der Waals surface area contributed by atoms with E-state index >= 15 is 0 Å². The summed E-state index contributed by atoms with van der Waals surface area (Å²) in [4.78, 5) is 11.8. The number of carbonyl (C=O) groups excluding carboxylic acids is 1. The van der Waals surface area contributed by atoms with Crippen LogP contribution in [0.3, 0.4) is 0 Å². The zero-order valence-electron chi connectivity index (χ0n) is 13.2. The van der Waals surface area contributed by atoms with Crippen molar-refractivity contribution in [3.63, 3.8) is 0 Å². The maximum atomic E-state index is 11.8. The van der Waals surface area contributed by atoms with Gasteiger partial charge >= 0.3 is 0 Å². The lowest BCUT2D eigenvalue weighted by molar-refractivity contribution is 0.0920. The fourth-order valence-corrected chi connectivity index (χ4v) is 1.59. The van der Waals surface area contributed by atoms with Gasteiger partial charge in [0.1, 0.15) is 5.82 Å². The third kappa shape index (κ3) is 7.60. The zero-order chi connectivity index (χ0) is 15.5. The molecule has 0 spiro atoms. The first kappa shape index (κ1) is 17.4. The maximum Gasteiger partial charge on any atom is 0.271 e. The van der Waals surface area contributed by atoms with Gasteiger partial charge in [0, 0.05) is 26.3 Å². The van der Waals surface area contributed by atoms with E-state index in [4.69, 9.17) is 4.74 Å². The van der Waals surface area contributed by atoms with Gasteiger partial charge in [-0.3, -0.25) is 4.79 Å². The first-order chi connectivity index (χ1) is 10.1. The lowest BCUT2D eigenvalue weighted by Gasteiger charge is -2.08. The van der Waals surface area contributed by atoms with Gasteiger partial charge in [0.25, 0.3) is 5.91 Å². The Balaban J connectivity index is 2.22. The molecule has 1 aromatic rings. The van der Waals surface area contributed by atoms with Crippen LogP contribution in [0.2, 0.25) is 0 Å². The lowest BCUT2D eigenvalue weighted by atomic mass is 10.2. The predicted molar refractivity (Wildman–Crippen MR) is 83.4 cm³/mol. The molecule has 1 amide bonds. The summed E-state index contributed by atoms with van der Waals surface area (Å²) in [6, 6.07) is 3.44. The topological polar surface area (TPSA) is 76.1 Å². The van der Waals surface area contributed by atoms with Gasteiger partial charge in [-0.25, -0.2) is 0 Å². The first-order valence-corrected chi connectivity index (χ1v) is 7.57. The van der Waals surface area contributed by atoms with E-state index in [1.54, 1.807) is 12.1 Å². The van der Waals surface area contributed by atoms with Crippen molar-refractivity contribution in [3.8, 4) is 0 Å². The van der Waals surface area contributed by atoms with Crippen LogP contribution in [-0.2, 0) is 4.74 Å². The molecule has 1 heterocycles. The minimum atomic E-state index is -0.201. The highest BCUT2D eigenvalue weighted by Gasteiger charge is 2.07. The molecule has 0 atom stereocenters. The van der Waals surface area contributed by atoms with E-state index in [-0.39, 0.29) is 5.91 Å². The van der Waals surface area contributed by atoms with E-state index in [1.165, 1.54) is 0 Å². The summed E-state index contributed by atoms with van der Waals surface area (Å²) >= 11 is 0. The molecule has 2 N–H and O–H groups in total. The zero-order valence-corrected chi connectivity index (χ0v) is 13.2. The number of anilines is 1. The van der Waals surface area contributed by atoms with Gasteiger partial charge < -0.3 is 15.4 Å². The number of hydrogen-bond donors (Lipinski definition) is 2. The minimum absolute atomic E-state index is 0.201. The van der Waals surface area contributed by atoms with Crippen LogP contribution < -0.4 is 10.6 Å². The van der Waals surface area contributed by atoms with E-state index < -0.39 is 0 Å². The number of rotatable bonds is 10. The first-order valence-electron chi connectivity index (χ1n) is 7.57. The molecule has 1 aromatic heterocycles. The van der Waals surface area contributed by atoms with Crippen molar-refractivity contribution in [1.29, 1.82) is 0 Å². The van der Waals surface area contributed by atoms with Crippen LogP contribution in [0, 0.1) is 5.92 Å². The molecule has 21 heavy (non-hydrogen) atoms. The summed E-state index contributed by atoms with van der Waals surface area (Å²) in [5.74, 6) is 1.03. The molecule has 0 saturated heterocycles. The van der Waals surface area contributed by atoms with Crippen LogP contribution in [0.15, 0.2) is 12.1 Å². The van der Waals surface area contributed by atoms with E-state index in [0.717, 1.165) is 26.0 Å². The quantitative estimate of drug-likeness (QED) is 0.646. The minimum Gasteiger partial charge on any atom is -0.381 e. The Morgan fingerprint density at radius 3 is 2.71 bits per heavy atom. The maximum absolute atomic E-state index is 11.8.